The highest BCUT2D eigenvalue weighted by Gasteiger charge is 2.22. The number of aliphatic carboxylic acids is 1. The maximum absolute atomic E-state index is 12.8. The molecule has 1 amide bonds. The molecule has 2 rings (SSSR count). The summed E-state index contributed by atoms with van der Waals surface area (Å²) in [5.74, 6) is -1.46. The summed E-state index contributed by atoms with van der Waals surface area (Å²) in [6, 6.07) is 12.2. The van der Waals surface area contributed by atoms with Crippen molar-refractivity contribution >= 4 is 11.9 Å². The molecule has 1 unspecified atom stereocenters. The van der Waals surface area contributed by atoms with Crippen molar-refractivity contribution in [1.82, 2.24) is 10.6 Å². The van der Waals surface area contributed by atoms with Gasteiger partial charge in [-0.05, 0) is 61.3 Å². The van der Waals surface area contributed by atoms with Crippen molar-refractivity contribution < 1.29 is 14.7 Å². The molecule has 0 saturated heterocycles. The van der Waals surface area contributed by atoms with Gasteiger partial charge >= 0.3 is 5.97 Å². The summed E-state index contributed by atoms with van der Waals surface area (Å²) >= 11 is 0. The molecule has 138 valence electrons. The van der Waals surface area contributed by atoms with Gasteiger partial charge in [0.25, 0.3) is 5.91 Å². The first-order valence-corrected chi connectivity index (χ1v) is 8.55. The highest BCUT2D eigenvalue weighted by atomic mass is 16.4. The van der Waals surface area contributed by atoms with Crippen molar-refractivity contribution in [2.24, 2.45) is 5.73 Å². The molecule has 0 aliphatic heterocycles. The van der Waals surface area contributed by atoms with Crippen LogP contribution in [0.15, 0.2) is 42.5 Å². The zero-order valence-electron chi connectivity index (χ0n) is 15.1. The molecule has 2 aromatic carbocycles. The molecule has 0 fully saturated rings. The monoisotopic (exact) mass is 355 g/mol. The van der Waals surface area contributed by atoms with Gasteiger partial charge in [0.2, 0.25) is 0 Å². The first kappa shape index (κ1) is 19.6. The molecule has 5 N–H and O–H groups in total. The van der Waals surface area contributed by atoms with E-state index in [2.05, 4.69) is 10.6 Å². The molecule has 0 aliphatic rings. The molecule has 0 radical (unpaired) electrons. The summed E-state index contributed by atoms with van der Waals surface area (Å²) in [7, 11) is 1.74. The van der Waals surface area contributed by atoms with Crippen molar-refractivity contribution in [1.29, 1.82) is 0 Å². The number of rotatable bonds is 8. The first-order valence-electron chi connectivity index (χ1n) is 8.55. The van der Waals surface area contributed by atoms with E-state index in [1.165, 1.54) is 0 Å². The first-order chi connectivity index (χ1) is 12.5. The van der Waals surface area contributed by atoms with Gasteiger partial charge in [0.1, 0.15) is 6.04 Å². The molecule has 1 atom stereocenters. The van der Waals surface area contributed by atoms with Gasteiger partial charge in [-0.2, -0.15) is 0 Å². The summed E-state index contributed by atoms with van der Waals surface area (Å²) in [4.78, 5) is 24.2. The number of aryl methyl sites for hydroxylation is 1. The standard InChI is InChI=1S/C20H25N3O3/c1-13-5-3-4-6-15(13)17-11-14(12-21)7-8-16(17)19(24)23-18(20(25)26)9-10-22-2/h3-8,11,18,22H,9-10,12,21H2,1-2H3,(H,23,24)(H,25,26). The minimum atomic E-state index is -1.05. The summed E-state index contributed by atoms with van der Waals surface area (Å²) in [6.07, 6.45) is 0.304. The Bertz CT molecular complexity index is 790. The van der Waals surface area contributed by atoms with Gasteiger partial charge in [0.15, 0.2) is 0 Å². The van der Waals surface area contributed by atoms with Crippen molar-refractivity contribution in [2.75, 3.05) is 13.6 Å². The molecule has 0 bridgehead atoms. The van der Waals surface area contributed by atoms with Crippen LogP contribution in [0.25, 0.3) is 11.1 Å². The predicted molar refractivity (Wildman–Crippen MR) is 102 cm³/mol. The average Bonchev–Trinajstić information content (AvgIpc) is 2.64. The zero-order chi connectivity index (χ0) is 19.1. The lowest BCUT2D eigenvalue weighted by molar-refractivity contribution is -0.139. The number of carboxylic acid groups (broad SMARTS) is 1. The number of carbonyl (C=O) groups excluding carboxylic acids is 1. The van der Waals surface area contributed by atoms with Gasteiger partial charge < -0.3 is 21.5 Å². The van der Waals surface area contributed by atoms with E-state index in [1.807, 2.05) is 37.3 Å². The highest BCUT2D eigenvalue weighted by molar-refractivity contribution is 6.02. The predicted octanol–water partition coefficient (Wildman–Crippen LogP) is 1.91. The van der Waals surface area contributed by atoms with E-state index in [4.69, 9.17) is 5.73 Å². The molecular formula is C20H25N3O3. The molecule has 0 aromatic heterocycles. The largest absolute Gasteiger partial charge is 0.480 e. The quantitative estimate of drug-likeness (QED) is 0.579. The Labute approximate surface area is 153 Å². The second-order valence-corrected chi connectivity index (χ2v) is 6.16. The molecule has 2 aromatic rings. The van der Waals surface area contributed by atoms with E-state index in [0.717, 1.165) is 22.3 Å². The molecule has 0 saturated carbocycles. The van der Waals surface area contributed by atoms with E-state index in [1.54, 1.807) is 19.2 Å². The van der Waals surface area contributed by atoms with Crippen LogP contribution in [-0.4, -0.2) is 36.6 Å². The van der Waals surface area contributed by atoms with Crippen LogP contribution in [0.4, 0.5) is 0 Å². The normalized spacial score (nSPS) is 11.8. The van der Waals surface area contributed by atoms with Crippen molar-refractivity contribution in [3.05, 3.63) is 59.2 Å². The Kier molecular flexibility index (Phi) is 6.89. The third-order valence-corrected chi connectivity index (χ3v) is 4.29. The lowest BCUT2D eigenvalue weighted by atomic mass is 9.93. The van der Waals surface area contributed by atoms with E-state index >= 15 is 0 Å². The third kappa shape index (κ3) is 4.68. The highest BCUT2D eigenvalue weighted by Crippen LogP contribution is 2.28. The zero-order valence-corrected chi connectivity index (χ0v) is 15.1. The minimum Gasteiger partial charge on any atom is -0.480 e. The van der Waals surface area contributed by atoms with Crippen LogP contribution in [0.2, 0.25) is 0 Å². The fraction of sp³-hybridized carbons (Fsp3) is 0.300. The Morgan fingerprint density at radius 3 is 2.50 bits per heavy atom. The van der Waals surface area contributed by atoms with E-state index < -0.39 is 17.9 Å². The van der Waals surface area contributed by atoms with Gasteiger partial charge in [-0.15, -0.1) is 0 Å². The Morgan fingerprint density at radius 1 is 1.15 bits per heavy atom. The fourth-order valence-corrected chi connectivity index (χ4v) is 2.80. The molecule has 0 aliphatic carbocycles. The number of hydrogen-bond acceptors (Lipinski definition) is 4. The van der Waals surface area contributed by atoms with Gasteiger partial charge in [-0.3, -0.25) is 4.79 Å². The van der Waals surface area contributed by atoms with Crippen LogP contribution in [0.3, 0.4) is 0 Å². The minimum absolute atomic E-state index is 0.304. The smallest absolute Gasteiger partial charge is 0.326 e. The Morgan fingerprint density at radius 2 is 1.88 bits per heavy atom. The Hall–Kier alpha value is -2.70. The van der Waals surface area contributed by atoms with Crippen molar-refractivity contribution in [2.45, 2.75) is 25.9 Å². The van der Waals surface area contributed by atoms with Crippen molar-refractivity contribution in [3.63, 3.8) is 0 Å². The molecule has 0 heterocycles. The van der Waals surface area contributed by atoms with Gasteiger partial charge in [0.05, 0.1) is 0 Å². The number of carboxylic acids is 1. The summed E-state index contributed by atoms with van der Waals surface area (Å²) in [6.45, 7) is 2.83. The van der Waals surface area contributed by atoms with E-state index in [0.29, 0.717) is 25.1 Å². The lowest BCUT2D eigenvalue weighted by Gasteiger charge is -2.17. The molecule has 26 heavy (non-hydrogen) atoms. The average molecular weight is 355 g/mol. The number of amides is 1. The molecule has 6 heteroatoms. The van der Waals surface area contributed by atoms with Gasteiger partial charge in [-0.25, -0.2) is 4.79 Å². The summed E-state index contributed by atoms with van der Waals surface area (Å²) in [5.41, 5.74) is 9.80. The molecule has 0 spiro atoms. The number of nitrogens with two attached hydrogens (primary N) is 1. The topological polar surface area (TPSA) is 104 Å². The van der Waals surface area contributed by atoms with Crippen LogP contribution < -0.4 is 16.4 Å². The van der Waals surface area contributed by atoms with E-state index in [9.17, 15) is 14.7 Å². The van der Waals surface area contributed by atoms with Crippen molar-refractivity contribution in [3.8, 4) is 11.1 Å². The lowest BCUT2D eigenvalue weighted by Crippen LogP contribution is -2.42. The Balaban J connectivity index is 2.40. The number of carbonyl (C=O) groups is 2. The second kappa shape index (κ2) is 9.12. The fourth-order valence-electron chi connectivity index (χ4n) is 2.80. The summed E-state index contributed by atoms with van der Waals surface area (Å²) < 4.78 is 0. The second-order valence-electron chi connectivity index (χ2n) is 6.16. The van der Waals surface area contributed by atoms with Gasteiger partial charge in [0, 0.05) is 12.1 Å². The van der Waals surface area contributed by atoms with Crippen LogP contribution >= 0.6 is 0 Å². The summed E-state index contributed by atoms with van der Waals surface area (Å²) in [5, 5.41) is 14.9. The number of benzene rings is 2. The van der Waals surface area contributed by atoms with Crippen LogP contribution in [-0.2, 0) is 11.3 Å². The van der Waals surface area contributed by atoms with Crippen LogP contribution in [0.5, 0.6) is 0 Å². The third-order valence-electron chi connectivity index (χ3n) is 4.29. The SMILES string of the molecule is CNCCC(NC(=O)c1ccc(CN)cc1-c1ccccc1C)C(=O)O. The maximum atomic E-state index is 12.8. The molecular weight excluding hydrogens is 330 g/mol. The van der Waals surface area contributed by atoms with Gasteiger partial charge in [-0.1, -0.05) is 30.3 Å². The van der Waals surface area contributed by atoms with Crippen LogP contribution in [0, 0.1) is 6.92 Å². The maximum Gasteiger partial charge on any atom is 0.326 e. The van der Waals surface area contributed by atoms with E-state index in [-0.39, 0.29) is 0 Å². The number of nitrogens with one attached hydrogen (secondary N) is 2. The van der Waals surface area contributed by atoms with Crippen LogP contribution in [0.1, 0.15) is 27.9 Å². The number of hydrogen-bond donors (Lipinski definition) is 4. The molecule has 6 nitrogen and oxygen atoms in total.